The van der Waals surface area contributed by atoms with Crippen LogP contribution < -0.4 is 4.72 Å². The second-order valence-corrected chi connectivity index (χ2v) is 7.39. The molecule has 24 heavy (non-hydrogen) atoms. The predicted octanol–water partition coefficient (Wildman–Crippen LogP) is 4.07. The summed E-state index contributed by atoms with van der Waals surface area (Å²) in [6.45, 7) is 5.51. The van der Waals surface area contributed by atoms with Crippen LogP contribution in [0.2, 0.25) is 0 Å². The van der Waals surface area contributed by atoms with Gasteiger partial charge in [-0.25, -0.2) is 13.1 Å². The third-order valence-electron chi connectivity index (χ3n) is 3.76. The molecular formula is C18H18N2O3S. The van der Waals surface area contributed by atoms with Crippen LogP contribution in [0.5, 0.6) is 0 Å². The lowest BCUT2D eigenvalue weighted by Crippen LogP contribution is -2.16. The number of nitrogens with one attached hydrogen (secondary N) is 1. The fraction of sp³-hybridized carbons (Fsp3) is 0.167. The van der Waals surface area contributed by atoms with Gasteiger partial charge in [0, 0.05) is 0 Å². The van der Waals surface area contributed by atoms with Gasteiger partial charge in [0.15, 0.2) is 0 Å². The van der Waals surface area contributed by atoms with Crippen molar-refractivity contribution in [2.24, 2.45) is 0 Å². The molecular weight excluding hydrogens is 324 g/mol. The van der Waals surface area contributed by atoms with Crippen LogP contribution in [0.15, 0.2) is 58.1 Å². The topological polar surface area (TPSA) is 72.2 Å². The third-order valence-corrected chi connectivity index (χ3v) is 5.39. The number of rotatable bonds is 4. The molecule has 0 atom stereocenters. The van der Waals surface area contributed by atoms with Gasteiger partial charge in [0.1, 0.15) is 0 Å². The molecule has 1 aromatic heterocycles. The summed E-state index contributed by atoms with van der Waals surface area (Å²) < 4.78 is 33.3. The largest absolute Gasteiger partial charge is 0.337 e. The molecule has 124 valence electrons. The third kappa shape index (κ3) is 3.05. The maximum Gasteiger partial charge on any atom is 0.264 e. The molecule has 0 saturated heterocycles. The van der Waals surface area contributed by atoms with Gasteiger partial charge in [-0.2, -0.15) is 0 Å². The smallest absolute Gasteiger partial charge is 0.264 e. The summed E-state index contributed by atoms with van der Waals surface area (Å²) >= 11 is 0. The highest BCUT2D eigenvalue weighted by atomic mass is 32.2. The van der Waals surface area contributed by atoms with E-state index in [1.807, 2.05) is 49.4 Å². The van der Waals surface area contributed by atoms with Crippen molar-refractivity contribution in [1.82, 2.24) is 5.16 Å². The molecule has 2 aromatic carbocycles. The van der Waals surface area contributed by atoms with Crippen molar-refractivity contribution in [3.05, 3.63) is 65.4 Å². The maximum atomic E-state index is 12.8. The molecule has 6 heteroatoms. The van der Waals surface area contributed by atoms with Crippen LogP contribution in [-0.2, 0) is 10.0 Å². The Morgan fingerprint density at radius 2 is 1.62 bits per heavy atom. The van der Waals surface area contributed by atoms with Gasteiger partial charge in [-0.1, -0.05) is 53.2 Å². The number of benzene rings is 2. The summed E-state index contributed by atoms with van der Waals surface area (Å²) in [6, 6.07) is 13.1. The van der Waals surface area contributed by atoms with E-state index in [9.17, 15) is 8.42 Å². The van der Waals surface area contributed by atoms with Gasteiger partial charge >= 0.3 is 0 Å². The molecule has 1 heterocycles. The lowest BCUT2D eigenvalue weighted by Gasteiger charge is -2.13. The number of anilines is 1. The standard InChI is InChI=1S/C18H18N2O3S/c1-12-9-13(2)17(14(3)10-12)24(21,22)20-18-16(11-19-23-18)15-7-5-4-6-8-15/h4-11,20H,1-3H3. The molecule has 3 aromatic rings. The van der Waals surface area contributed by atoms with Crippen molar-refractivity contribution in [3.8, 4) is 11.1 Å². The van der Waals surface area contributed by atoms with E-state index in [0.29, 0.717) is 16.7 Å². The molecule has 0 spiro atoms. The monoisotopic (exact) mass is 342 g/mol. The zero-order valence-electron chi connectivity index (χ0n) is 13.7. The minimum atomic E-state index is -3.78. The molecule has 0 aliphatic rings. The Bertz CT molecular complexity index is 954. The van der Waals surface area contributed by atoms with Gasteiger partial charge in [0.05, 0.1) is 16.7 Å². The van der Waals surface area contributed by atoms with Crippen molar-refractivity contribution in [3.63, 3.8) is 0 Å². The van der Waals surface area contributed by atoms with Crippen LogP contribution in [0.25, 0.3) is 11.1 Å². The van der Waals surface area contributed by atoms with Crippen LogP contribution in [0.1, 0.15) is 16.7 Å². The first-order valence-corrected chi connectivity index (χ1v) is 8.97. The first kappa shape index (κ1) is 16.3. The van der Waals surface area contributed by atoms with Crippen LogP contribution in [0, 0.1) is 20.8 Å². The minimum absolute atomic E-state index is 0.112. The van der Waals surface area contributed by atoms with E-state index < -0.39 is 10.0 Å². The zero-order valence-corrected chi connectivity index (χ0v) is 14.5. The molecule has 0 bridgehead atoms. The Kier molecular flexibility index (Phi) is 4.15. The summed E-state index contributed by atoms with van der Waals surface area (Å²) in [6.07, 6.45) is 1.50. The minimum Gasteiger partial charge on any atom is -0.337 e. The number of aryl methyl sites for hydroxylation is 3. The first-order chi connectivity index (χ1) is 11.4. The van der Waals surface area contributed by atoms with Gasteiger partial charge in [-0.05, 0) is 37.5 Å². The number of hydrogen-bond donors (Lipinski definition) is 1. The summed E-state index contributed by atoms with van der Waals surface area (Å²) in [4.78, 5) is 0.267. The molecule has 0 fully saturated rings. The second-order valence-electron chi connectivity index (χ2n) is 5.77. The summed E-state index contributed by atoms with van der Waals surface area (Å²) in [7, 11) is -3.78. The van der Waals surface area contributed by atoms with E-state index in [2.05, 4.69) is 9.88 Å². The Morgan fingerprint density at radius 3 is 2.25 bits per heavy atom. The van der Waals surface area contributed by atoms with Gasteiger partial charge in [-0.15, -0.1) is 0 Å². The molecule has 0 aliphatic carbocycles. The molecule has 1 N–H and O–H groups in total. The number of sulfonamides is 1. The summed E-state index contributed by atoms with van der Waals surface area (Å²) in [5.41, 5.74) is 3.84. The van der Waals surface area contributed by atoms with E-state index in [0.717, 1.165) is 11.1 Å². The Hall–Kier alpha value is -2.60. The molecule has 0 saturated carbocycles. The Labute approximate surface area is 141 Å². The summed E-state index contributed by atoms with van der Waals surface area (Å²) in [5, 5.41) is 3.73. The lowest BCUT2D eigenvalue weighted by atomic mass is 10.1. The number of nitrogens with zero attached hydrogens (tertiary/aromatic N) is 1. The Balaban J connectivity index is 2.02. The van der Waals surface area contributed by atoms with Gasteiger partial charge < -0.3 is 4.52 Å². The predicted molar refractivity (Wildman–Crippen MR) is 93.4 cm³/mol. The van der Waals surface area contributed by atoms with Crippen LogP contribution in [0.3, 0.4) is 0 Å². The van der Waals surface area contributed by atoms with Crippen molar-refractivity contribution in [1.29, 1.82) is 0 Å². The van der Waals surface area contributed by atoms with Crippen LogP contribution >= 0.6 is 0 Å². The Morgan fingerprint density at radius 1 is 1.00 bits per heavy atom. The van der Waals surface area contributed by atoms with E-state index in [-0.39, 0.29) is 10.8 Å². The van der Waals surface area contributed by atoms with Crippen LogP contribution in [-0.4, -0.2) is 13.6 Å². The molecule has 5 nitrogen and oxygen atoms in total. The van der Waals surface area contributed by atoms with Gasteiger partial charge in [-0.3, -0.25) is 0 Å². The molecule has 0 unspecified atom stereocenters. The van der Waals surface area contributed by atoms with Crippen molar-refractivity contribution in [2.75, 3.05) is 4.72 Å². The molecule has 0 amide bonds. The van der Waals surface area contributed by atoms with Gasteiger partial charge in [0.25, 0.3) is 10.0 Å². The SMILES string of the molecule is Cc1cc(C)c(S(=O)(=O)Nc2oncc2-c2ccccc2)c(C)c1. The quantitative estimate of drug-likeness (QED) is 0.776. The molecule has 3 rings (SSSR count). The summed E-state index contributed by atoms with van der Waals surface area (Å²) in [5.74, 6) is 0.112. The molecule has 0 radical (unpaired) electrons. The van der Waals surface area contributed by atoms with Crippen LogP contribution in [0.4, 0.5) is 5.88 Å². The van der Waals surface area contributed by atoms with Crippen molar-refractivity contribution in [2.45, 2.75) is 25.7 Å². The highest BCUT2D eigenvalue weighted by Gasteiger charge is 2.23. The molecule has 0 aliphatic heterocycles. The fourth-order valence-electron chi connectivity index (χ4n) is 2.90. The number of hydrogen-bond acceptors (Lipinski definition) is 4. The first-order valence-electron chi connectivity index (χ1n) is 7.49. The van der Waals surface area contributed by atoms with E-state index in [4.69, 9.17) is 4.52 Å². The zero-order chi connectivity index (χ0) is 17.3. The number of aromatic nitrogens is 1. The highest BCUT2D eigenvalue weighted by Crippen LogP contribution is 2.31. The average molecular weight is 342 g/mol. The van der Waals surface area contributed by atoms with E-state index in [1.54, 1.807) is 13.8 Å². The van der Waals surface area contributed by atoms with E-state index >= 15 is 0 Å². The van der Waals surface area contributed by atoms with Crippen molar-refractivity contribution >= 4 is 15.9 Å². The second kappa shape index (κ2) is 6.13. The maximum absolute atomic E-state index is 12.8. The fourth-order valence-corrected chi connectivity index (χ4v) is 4.36. The van der Waals surface area contributed by atoms with Crippen molar-refractivity contribution < 1.29 is 12.9 Å². The lowest BCUT2D eigenvalue weighted by molar-refractivity contribution is 0.435. The normalized spacial score (nSPS) is 11.5. The average Bonchev–Trinajstić information content (AvgIpc) is 2.94. The highest BCUT2D eigenvalue weighted by molar-refractivity contribution is 7.92. The van der Waals surface area contributed by atoms with E-state index in [1.165, 1.54) is 6.20 Å². The van der Waals surface area contributed by atoms with Gasteiger partial charge in [0.2, 0.25) is 5.88 Å².